The van der Waals surface area contributed by atoms with Gasteiger partial charge in [0, 0.05) is 37.6 Å². The van der Waals surface area contributed by atoms with Gasteiger partial charge >= 0.3 is 5.97 Å². The number of fused-ring (bicyclic) bond motifs is 2. The average Bonchev–Trinajstić information content (AvgIpc) is 3.24. The Morgan fingerprint density at radius 1 is 1.08 bits per heavy atom. The molecule has 0 radical (unpaired) electrons. The van der Waals surface area contributed by atoms with E-state index in [1.807, 2.05) is 42.5 Å². The molecule has 4 heterocycles. The lowest BCUT2D eigenvalue weighted by Crippen LogP contribution is -2.55. The minimum Gasteiger partial charge on any atom is -0.465 e. The number of hydrogen-bond acceptors (Lipinski definition) is 7. The van der Waals surface area contributed by atoms with Crippen LogP contribution in [-0.4, -0.2) is 84.9 Å². The fourth-order valence-corrected chi connectivity index (χ4v) is 6.12. The van der Waals surface area contributed by atoms with Crippen molar-refractivity contribution in [3.05, 3.63) is 48.6 Å². The lowest BCUT2D eigenvalue weighted by molar-refractivity contribution is -0.154. The number of aliphatic hydroxyl groups excluding tert-OH is 1. The van der Waals surface area contributed by atoms with E-state index < -0.39 is 35.6 Å². The van der Waals surface area contributed by atoms with Crippen molar-refractivity contribution in [3.8, 4) is 0 Å². The maximum Gasteiger partial charge on any atom is 0.312 e. The molecule has 192 valence electrons. The molecule has 0 aromatic heterocycles. The lowest BCUT2D eigenvalue weighted by atomic mass is 9.77. The van der Waals surface area contributed by atoms with Crippen molar-refractivity contribution in [1.82, 2.24) is 4.90 Å². The van der Waals surface area contributed by atoms with E-state index in [9.17, 15) is 19.5 Å². The number of aliphatic hydroxyl groups is 1. The Balaban J connectivity index is 1.54. The van der Waals surface area contributed by atoms with Crippen LogP contribution in [0.5, 0.6) is 0 Å². The number of anilines is 2. The number of esters is 1. The number of rotatable bonds is 6. The monoisotopic (exact) mass is 495 g/mol. The van der Waals surface area contributed by atoms with Gasteiger partial charge in [0.15, 0.2) is 0 Å². The zero-order valence-electron chi connectivity index (χ0n) is 20.7. The van der Waals surface area contributed by atoms with Crippen LogP contribution in [-0.2, 0) is 23.9 Å². The van der Waals surface area contributed by atoms with Crippen LogP contribution < -0.4 is 9.80 Å². The fraction of sp³-hybridized carbons (Fsp3) is 0.519. The third kappa shape index (κ3) is 3.72. The molecule has 2 amide bonds. The third-order valence-electron chi connectivity index (χ3n) is 7.75. The molecular weight excluding hydrogens is 462 g/mol. The summed E-state index contributed by atoms with van der Waals surface area (Å²) in [7, 11) is 0. The second-order valence-electron chi connectivity index (χ2n) is 9.52. The minimum atomic E-state index is -1.32. The fourth-order valence-electron chi connectivity index (χ4n) is 6.12. The Bertz CT molecular complexity index is 1080. The maximum absolute atomic E-state index is 14.1. The predicted octanol–water partition coefficient (Wildman–Crippen LogP) is 1.51. The molecule has 4 aliphatic rings. The van der Waals surface area contributed by atoms with Crippen LogP contribution in [0.1, 0.15) is 20.3 Å². The van der Waals surface area contributed by atoms with Gasteiger partial charge in [-0.25, -0.2) is 0 Å². The van der Waals surface area contributed by atoms with E-state index in [-0.39, 0.29) is 31.6 Å². The second kappa shape index (κ2) is 9.71. The number of β-amino-alcohol motifs (C(OH)–C–C–N with tert-alkyl or cyclic N) is 1. The number of likely N-dealkylation sites (tertiary alicyclic amines) is 1. The quantitative estimate of drug-likeness (QED) is 0.472. The van der Waals surface area contributed by atoms with Crippen LogP contribution in [0, 0.1) is 11.8 Å². The topological polar surface area (TPSA) is 99.6 Å². The second-order valence-corrected chi connectivity index (χ2v) is 9.52. The number of amides is 2. The van der Waals surface area contributed by atoms with Crippen molar-refractivity contribution in [3.63, 3.8) is 0 Å². The first kappa shape index (κ1) is 24.5. The lowest BCUT2D eigenvalue weighted by Gasteiger charge is -2.35. The molecule has 0 saturated carbocycles. The molecule has 5 atom stereocenters. The number of cyclic esters (lactones) is 1. The molecule has 9 nitrogen and oxygen atoms in total. The smallest absolute Gasteiger partial charge is 0.312 e. The van der Waals surface area contributed by atoms with Crippen molar-refractivity contribution in [2.45, 2.75) is 38.0 Å². The van der Waals surface area contributed by atoms with Crippen LogP contribution in [0.2, 0.25) is 0 Å². The van der Waals surface area contributed by atoms with Crippen LogP contribution in [0.4, 0.5) is 11.4 Å². The number of nitrogens with zero attached hydrogens (tertiary/aromatic N) is 3. The largest absolute Gasteiger partial charge is 0.465 e. The van der Waals surface area contributed by atoms with Crippen molar-refractivity contribution < 1.29 is 29.0 Å². The van der Waals surface area contributed by atoms with Gasteiger partial charge in [0.25, 0.3) is 5.91 Å². The van der Waals surface area contributed by atoms with Gasteiger partial charge in [0.1, 0.15) is 17.6 Å². The Morgan fingerprint density at radius 2 is 1.83 bits per heavy atom. The normalized spacial score (nSPS) is 31.4. The van der Waals surface area contributed by atoms with Gasteiger partial charge in [0.2, 0.25) is 5.91 Å². The molecule has 1 aromatic carbocycles. The van der Waals surface area contributed by atoms with Crippen molar-refractivity contribution in [2.24, 2.45) is 11.8 Å². The molecule has 1 spiro atoms. The Hall–Kier alpha value is -3.17. The molecule has 1 N–H and O–H groups in total. The molecular formula is C27H33N3O6. The molecule has 5 rings (SSSR count). The number of hydrogen-bond donors (Lipinski definition) is 1. The first-order valence-electron chi connectivity index (χ1n) is 12.7. The SMILES string of the molecule is CCN(CC)c1ccc(N2CC=CC34O[C@@H]5C=CCCOC(=O)C5[C@H]3C(=O)N(CCO)[C@@H]4C2=O)cc1. The van der Waals surface area contributed by atoms with E-state index in [2.05, 4.69) is 18.7 Å². The summed E-state index contributed by atoms with van der Waals surface area (Å²) in [6, 6.07) is 6.79. The highest BCUT2D eigenvalue weighted by atomic mass is 16.6. The van der Waals surface area contributed by atoms with Crippen molar-refractivity contribution in [2.75, 3.05) is 49.2 Å². The van der Waals surface area contributed by atoms with Gasteiger partial charge in [-0.1, -0.05) is 24.3 Å². The highest BCUT2D eigenvalue weighted by Crippen LogP contribution is 2.53. The zero-order chi connectivity index (χ0) is 25.4. The molecule has 1 aromatic rings. The Labute approximate surface area is 210 Å². The van der Waals surface area contributed by atoms with Crippen LogP contribution in [0.3, 0.4) is 0 Å². The van der Waals surface area contributed by atoms with Crippen molar-refractivity contribution in [1.29, 1.82) is 0 Å². The highest BCUT2D eigenvalue weighted by molar-refractivity contribution is 6.05. The number of benzene rings is 1. The summed E-state index contributed by atoms with van der Waals surface area (Å²) < 4.78 is 11.9. The van der Waals surface area contributed by atoms with Gasteiger partial charge in [0.05, 0.1) is 25.2 Å². The standard InChI is InChI=1S/C27H33N3O6/c1-3-28(4-2)18-9-11-19(12-10-18)29-14-7-13-27-22(24(32)30(15-16-31)23(27)25(29)33)21-20(36-27)8-5-6-17-35-26(21)34/h5,7-13,20-23,31H,3-4,6,14-17H2,1-2H3/t20-,21?,22+,23-,27?/m1/s1. The summed E-state index contributed by atoms with van der Waals surface area (Å²) in [6.07, 6.45) is 7.22. The first-order valence-corrected chi connectivity index (χ1v) is 12.7. The molecule has 36 heavy (non-hydrogen) atoms. The molecule has 2 saturated heterocycles. The van der Waals surface area contributed by atoms with E-state index in [0.29, 0.717) is 18.7 Å². The first-order chi connectivity index (χ1) is 17.5. The summed E-state index contributed by atoms with van der Waals surface area (Å²) in [5.41, 5.74) is 0.458. The van der Waals surface area contributed by atoms with Gasteiger partial charge in [-0.2, -0.15) is 0 Å². The van der Waals surface area contributed by atoms with E-state index in [4.69, 9.17) is 9.47 Å². The highest BCUT2D eigenvalue weighted by Gasteiger charge is 2.71. The third-order valence-corrected chi connectivity index (χ3v) is 7.75. The van der Waals surface area contributed by atoms with E-state index in [0.717, 1.165) is 18.8 Å². The van der Waals surface area contributed by atoms with Gasteiger partial charge in [-0.15, -0.1) is 0 Å². The molecule has 9 heteroatoms. The summed E-state index contributed by atoms with van der Waals surface area (Å²) in [4.78, 5) is 46.1. The van der Waals surface area contributed by atoms with Gasteiger partial charge in [-0.3, -0.25) is 14.4 Å². The molecule has 0 aliphatic carbocycles. The van der Waals surface area contributed by atoms with Gasteiger partial charge in [-0.05, 0) is 44.5 Å². The van der Waals surface area contributed by atoms with E-state index in [1.165, 1.54) is 4.90 Å². The summed E-state index contributed by atoms with van der Waals surface area (Å²) in [5, 5.41) is 9.75. The molecule has 2 unspecified atom stereocenters. The van der Waals surface area contributed by atoms with Crippen LogP contribution in [0.25, 0.3) is 0 Å². The van der Waals surface area contributed by atoms with Crippen LogP contribution in [0.15, 0.2) is 48.6 Å². The van der Waals surface area contributed by atoms with E-state index in [1.54, 1.807) is 11.0 Å². The minimum absolute atomic E-state index is 0.0261. The van der Waals surface area contributed by atoms with Crippen LogP contribution >= 0.6 is 0 Å². The molecule has 0 bridgehead atoms. The zero-order valence-corrected chi connectivity index (χ0v) is 20.7. The number of carbonyl (C=O) groups excluding carboxylic acids is 3. The van der Waals surface area contributed by atoms with E-state index >= 15 is 0 Å². The van der Waals surface area contributed by atoms with Gasteiger partial charge < -0.3 is 29.3 Å². The maximum atomic E-state index is 14.1. The number of carbonyl (C=O) groups is 3. The summed E-state index contributed by atoms with van der Waals surface area (Å²) in [6.45, 7) is 6.15. The molecule has 4 aliphatic heterocycles. The number of ether oxygens (including phenoxy) is 2. The summed E-state index contributed by atoms with van der Waals surface area (Å²) in [5.74, 6) is -2.91. The van der Waals surface area contributed by atoms with Crippen molar-refractivity contribution >= 4 is 29.2 Å². The molecule has 2 fully saturated rings. The Morgan fingerprint density at radius 3 is 2.53 bits per heavy atom. The summed E-state index contributed by atoms with van der Waals surface area (Å²) >= 11 is 0. The Kier molecular flexibility index (Phi) is 6.61. The predicted molar refractivity (Wildman–Crippen MR) is 133 cm³/mol. The average molecular weight is 496 g/mol.